The average molecular weight is 371 g/mol. The number of nitrogens with zero attached hydrogens (tertiary/aromatic N) is 5. The number of aromatic amines is 1. The van der Waals surface area contributed by atoms with Crippen LogP contribution < -0.4 is 5.56 Å². The van der Waals surface area contributed by atoms with E-state index in [4.69, 9.17) is 11.6 Å². The van der Waals surface area contributed by atoms with Crippen molar-refractivity contribution in [3.8, 4) is 5.95 Å². The highest BCUT2D eigenvalue weighted by atomic mass is 35.5. The molecule has 0 aliphatic rings. The summed E-state index contributed by atoms with van der Waals surface area (Å²) in [5.74, 6) is 0.189. The number of nitrogens with one attached hydrogen (secondary N) is 1. The van der Waals surface area contributed by atoms with E-state index in [9.17, 15) is 4.79 Å². The molecule has 0 amide bonds. The molecule has 0 saturated heterocycles. The van der Waals surface area contributed by atoms with Crippen molar-refractivity contribution in [1.82, 2.24) is 19.7 Å². The maximum absolute atomic E-state index is 12.7. The van der Waals surface area contributed by atoms with Crippen LogP contribution in [0.1, 0.15) is 29.4 Å². The normalized spacial score (nSPS) is 11.4. The Kier molecular flexibility index (Phi) is 4.99. The van der Waals surface area contributed by atoms with Crippen LogP contribution in [-0.4, -0.2) is 19.7 Å². The first-order valence-electron chi connectivity index (χ1n) is 8.24. The van der Waals surface area contributed by atoms with Gasteiger partial charge in [-0.3, -0.25) is 9.89 Å². The molecule has 1 aromatic carbocycles. The standard InChI is InChI=1S/C18H19ClN6O/c1-5-14-11(3)20-18(21-16(14)19)25-17(26)15(12(4)24-25)23-22-13-8-6-10(2)7-9-13/h6-9,24H,5H2,1-4H3. The highest BCUT2D eigenvalue weighted by Gasteiger charge is 2.16. The van der Waals surface area contributed by atoms with Crippen LogP contribution in [0, 0.1) is 20.8 Å². The number of hydrogen-bond donors (Lipinski definition) is 1. The minimum absolute atomic E-state index is 0.189. The SMILES string of the molecule is CCc1c(C)nc(-n2[nH]c(C)c(N=Nc3ccc(C)cc3)c2=O)nc1Cl. The Bertz CT molecular complexity index is 1010. The fourth-order valence-corrected chi connectivity index (χ4v) is 2.91. The number of aromatic nitrogens is 4. The third kappa shape index (κ3) is 3.43. The van der Waals surface area contributed by atoms with Crippen molar-refractivity contribution in [3.63, 3.8) is 0 Å². The molecule has 0 fully saturated rings. The van der Waals surface area contributed by atoms with Crippen molar-refractivity contribution in [2.45, 2.75) is 34.1 Å². The smallest absolute Gasteiger partial charge is 0.290 e. The number of hydrogen-bond acceptors (Lipinski definition) is 5. The lowest BCUT2D eigenvalue weighted by Crippen LogP contribution is -2.18. The Hall–Kier alpha value is -2.80. The van der Waals surface area contributed by atoms with Crippen LogP contribution in [0.3, 0.4) is 0 Å². The summed E-state index contributed by atoms with van der Waals surface area (Å²) in [5.41, 5.74) is 3.81. The lowest BCUT2D eigenvalue weighted by Gasteiger charge is -2.07. The molecule has 0 unspecified atom stereocenters. The second-order valence-corrected chi connectivity index (χ2v) is 6.35. The Balaban J connectivity index is 2.01. The Morgan fingerprint density at radius 2 is 1.81 bits per heavy atom. The van der Waals surface area contributed by atoms with Crippen LogP contribution in [-0.2, 0) is 6.42 Å². The van der Waals surface area contributed by atoms with Gasteiger partial charge in [0.25, 0.3) is 5.95 Å². The Morgan fingerprint density at radius 3 is 2.42 bits per heavy atom. The van der Waals surface area contributed by atoms with Gasteiger partial charge in [-0.2, -0.15) is 14.8 Å². The van der Waals surface area contributed by atoms with Crippen LogP contribution in [0.2, 0.25) is 5.15 Å². The van der Waals surface area contributed by atoms with E-state index in [0.29, 0.717) is 16.5 Å². The zero-order valence-electron chi connectivity index (χ0n) is 15.0. The molecule has 0 spiro atoms. The predicted octanol–water partition coefficient (Wildman–Crippen LogP) is 4.51. The third-order valence-electron chi connectivity index (χ3n) is 4.04. The van der Waals surface area contributed by atoms with Crippen molar-refractivity contribution >= 4 is 23.0 Å². The molecular weight excluding hydrogens is 352 g/mol. The molecule has 0 radical (unpaired) electrons. The first kappa shape index (κ1) is 18.0. The van der Waals surface area contributed by atoms with E-state index in [1.54, 1.807) is 6.92 Å². The summed E-state index contributed by atoms with van der Waals surface area (Å²) >= 11 is 6.22. The maximum atomic E-state index is 12.7. The number of azo groups is 1. The second kappa shape index (κ2) is 7.21. The highest BCUT2D eigenvalue weighted by Crippen LogP contribution is 2.21. The number of H-pyrrole nitrogens is 1. The van der Waals surface area contributed by atoms with Gasteiger partial charge in [-0.1, -0.05) is 36.2 Å². The molecule has 0 aliphatic carbocycles. The first-order chi connectivity index (χ1) is 12.4. The van der Waals surface area contributed by atoms with Gasteiger partial charge >= 0.3 is 5.56 Å². The van der Waals surface area contributed by atoms with Crippen molar-refractivity contribution in [3.05, 3.63) is 62.3 Å². The van der Waals surface area contributed by atoms with E-state index in [1.165, 1.54) is 4.68 Å². The number of halogens is 1. The molecule has 0 aliphatic heterocycles. The molecule has 7 nitrogen and oxygen atoms in total. The van der Waals surface area contributed by atoms with E-state index in [2.05, 4.69) is 25.3 Å². The molecule has 8 heteroatoms. The van der Waals surface area contributed by atoms with Gasteiger partial charge in [0, 0.05) is 11.3 Å². The van der Waals surface area contributed by atoms with E-state index in [1.807, 2.05) is 45.0 Å². The van der Waals surface area contributed by atoms with Crippen molar-refractivity contribution < 1.29 is 0 Å². The van der Waals surface area contributed by atoms with E-state index >= 15 is 0 Å². The van der Waals surface area contributed by atoms with Crippen molar-refractivity contribution in [2.75, 3.05) is 0 Å². The van der Waals surface area contributed by atoms with Crippen molar-refractivity contribution in [2.24, 2.45) is 10.2 Å². The van der Waals surface area contributed by atoms with Gasteiger partial charge in [0.05, 0.1) is 11.4 Å². The first-order valence-corrected chi connectivity index (χ1v) is 8.62. The van der Waals surface area contributed by atoms with Gasteiger partial charge in [0.15, 0.2) is 5.69 Å². The molecule has 3 rings (SSSR count). The molecule has 0 atom stereocenters. The minimum atomic E-state index is -0.377. The predicted molar refractivity (Wildman–Crippen MR) is 101 cm³/mol. The zero-order valence-corrected chi connectivity index (χ0v) is 15.8. The monoisotopic (exact) mass is 370 g/mol. The molecule has 1 N–H and O–H groups in total. The Labute approximate surface area is 155 Å². The summed E-state index contributed by atoms with van der Waals surface area (Å²) in [6, 6.07) is 7.55. The number of benzene rings is 1. The van der Waals surface area contributed by atoms with Crippen LogP contribution >= 0.6 is 11.6 Å². The molecule has 2 heterocycles. The van der Waals surface area contributed by atoms with E-state index < -0.39 is 0 Å². The quantitative estimate of drug-likeness (QED) is 0.541. The lowest BCUT2D eigenvalue weighted by molar-refractivity contribution is 0.763. The summed E-state index contributed by atoms with van der Waals surface area (Å²) in [7, 11) is 0. The fourth-order valence-electron chi connectivity index (χ4n) is 2.56. The molecule has 134 valence electrons. The summed E-state index contributed by atoms with van der Waals surface area (Å²) in [4.78, 5) is 21.3. The molecule has 3 aromatic rings. The van der Waals surface area contributed by atoms with Crippen LogP contribution in [0.15, 0.2) is 39.3 Å². The number of aryl methyl sites for hydroxylation is 3. The van der Waals surface area contributed by atoms with Gasteiger partial charge < -0.3 is 0 Å². The topological polar surface area (TPSA) is 88.3 Å². The Morgan fingerprint density at radius 1 is 1.12 bits per heavy atom. The zero-order chi connectivity index (χ0) is 18.8. The molecular formula is C18H19ClN6O. The molecule has 2 aromatic heterocycles. The molecule has 26 heavy (non-hydrogen) atoms. The summed E-state index contributed by atoms with van der Waals surface area (Å²) in [5, 5.41) is 11.5. The third-order valence-corrected chi connectivity index (χ3v) is 4.36. The van der Waals surface area contributed by atoms with Gasteiger partial charge in [-0.05, 0) is 39.3 Å². The summed E-state index contributed by atoms with van der Waals surface area (Å²) < 4.78 is 1.23. The summed E-state index contributed by atoms with van der Waals surface area (Å²) in [6.45, 7) is 7.56. The van der Waals surface area contributed by atoms with Gasteiger partial charge in [-0.25, -0.2) is 4.98 Å². The van der Waals surface area contributed by atoms with Crippen LogP contribution in [0.25, 0.3) is 5.95 Å². The maximum Gasteiger partial charge on any atom is 0.301 e. The second-order valence-electron chi connectivity index (χ2n) is 5.99. The lowest BCUT2D eigenvalue weighted by atomic mass is 10.2. The van der Waals surface area contributed by atoms with E-state index in [-0.39, 0.29) is 17.2 Å². The fraction of sp³-hybridized carbons (Fsp3) is 0.278. The highest BCUT2D eigenvalue weighted by molar-refractivity contribution is 6.30. The van der Waals surface area contributed by atoms with Gasteiger partial charge in [0.1, 0.15) is 5.15 Å². The average Bonchev–Trinajstić information content (AvgIpc) is 2.88. The van der Waals surface area contributed by atoms with E-state index in [0.717, 1.165) is 23.2 Å². The van der Waals surface area contributed by atoms with Crippen LogP contribution in [0.4, 0.5) is 11.4 Å². The van der Waals surface area contributed by atoms with Gasteiger partial charge in [0.2, 0.25) is 0 Å². The molecule has 0 bridgehead atoms. The van der Waals surface area contributed by atoms with Gasteiger partial charge in [-0.15, -0.1) is 5.11 Å². The number of rotatable bonds is 4. The molecule has 0 saturated carbocycles. The largest absolute Gasteiger partial charge is 0.301 e. The van der Waals surface area contributed by atoms with Crippen molar-refractivity contribution in [1.29, 1.82) is 0 Å². The minimum Gasteiger partial charge on any atom is -0.290 e. The van der Waals surface area contributed by atoms with Crippen LogP contribution in [0.5, 0.6) is 0 Å². The summed E-state index contributed by atoms with van der Waals surface area (Å²) in [6.07, 6.45) is 0.722.